The summed E-state index contributed by atoms with van der Waals surface area (Å²) in [6.45, 7) is 2.60. The highest BCUT2D eigenvalue weighted by molar-refractivity contribution is 6.32. The van der Waals surface area contributed by atoms with Crippen molar-refractivity contribution in [2.24, 2.45) is 0 Å². The van der Waals surface area contributed by atoms with Crippen molar-refractivity contribution in [2.75, 3.05) is 39.2 Å². The first-order valence-electron chi connectivity index (χ1n) is 9.68. The zero-order valence-corrected chi connectivity index (χ0v) is 17.6. The lowest BCUT2D eigenvalue weighted by molar-refractivity contribution is -0.118. The molecule has 0 unspecified atom stereocenters. The summed E-state index contributed by atoms with van der Waals surface area (Å²) in [5.74, 6) is 0.903. The Labute approximate surface area is 176 Å². The molecule has 0 atom stereocenters. The molecule has 0 aliphatic carbocycles. The Morgan fingerprint density at radius 1 is 1.10 bits per heavy atom. The van der Waals surface area contributed by atoms with E-state index in [9.17, 15) is 4.79 Å². The number of anilines is 1. The fraction of sp³-hybridized carbons (Fsp3) is 0.409. The van der Waals surface area contributed by atoms with Crippen LogP contribution in [0.3, 0.4) is 0 Å². The molecule has 7 heteroatoms. The van der Waals surface area contributed by atoms with E-state index in [1.54, 1.807) is 19.2 Å². The molecule has 29 heavy (non-hydrogen) atoms. The van der Waals surface area contributed by atoms with Crippen LogP contribution in [-0.2, 0) is 16.1 Å². The van der Waals surface area contributed by atoms with Crippen molar-refractivity contribution in [3.05, 3.63) is 53.1 Å². The van der Waals surface area contributed by atoms with Crippen LogP contribution in [0, 0.1) is 0 Å². The molecule has 0 spiro atoms. The largest absolute Gasteiger partial charge is 0.495 e. The summed E-state index contributed by atoms with van der Waals surface area (Å²) in [7, 11) is 3.07. The van der Waals surface area contributed by atoms with E-state index >= 15 is 0 Å². The van der Waals surface area contributed by atoms with Gasteiger partial charge in [-0.3, -0.25) is 9.69 Å². The van der Waals surface area contributed by atoms with Crippen molar-refractivity contribution in [2.45, 2.75) is 25.6 Å². The van der Waals surface area contributed by atoms with Crippen LogP contribution >= 0.6 is 11.6 Å². The molecule has 1 saturated heterocycles. The number of carbonyl (C=O) groups is 1. The van der Waals surface area contributed by atoms with Gasteiger partial charge in [-0.1, -0.05) is 41.9 Å². The van der Waals surface area contributed by atoms with Crippen LogP contribution in [0.25, 0.3) is 0 Å². The van der Waals surface area contributed by atoms with E-state index in [0.717, 1.165) is 25.9 Å². The van der Waals surface area contributed by atoms with Crippen molar-refractivity contribution < 1.29 is 19.0 Å². The van der Waals surface area contributed by atoms with Crippen molar-refractivity contribution in [3.63, 3.8) is 0 Å². The third-order valence-electron chi connectivity index (χ3n) is 4.98. The number of rotatable bonds is 8. The van der Waals surface area contributed by atoms with Gasteiger partial charge in [0.1, 0.15) is 11.5 Å². The van der Waals surface area contributed by atoms with Crippen molar-refractivity contribution in [3.8, 4) is 11.5 Å². The van der Waals surface area contributed by atoms with E-state index in [1.807, 2.05) is 18.2 Å². The number of likely N-dealkylation sites (tertiary alicyclic amines) is 1. The number of ether oxygens (including phenoxy) is 3. The van der Waals surface area contributed by atoms with E-state index in [4.69, 9.17) is 25.8 Å². The Hall–Kier alpha value is -2.28. The summed E-state index contributed by atoms with van der Waals surface area (Å²) in [5, 5.41) is 3.30. The molecule has 6 nitrogen and oxygen atoms in total. The van der Waals surface area contributed by atoms with Gasteiger partial charge in [0.15, 0.2) is 0 Å². The number of nitrogens with zero attached hydrogens (tertiary/aromatic N) is 1. The first-order chi connectivity index (χ1) is 14.1. The maximum Gasteiger partial charge on any atom is 0.238 e. The molecule has 0 radical (unpaired) electrons. The number of nitrogens with one attached hydrogen (secondary N) is 1. The highest BCUT2D eigenvalue weighted by atomic mass is 35.5. The Bertz CT molecular complexity index is 808. The van der Waals surface area contributed by atoms with E-state index in [1.165, 1.54) is 12.7 Å². The molecule has 1 fully saturated rings. The average molecular weight is 419 g/mol. The number of halogens is 1. The Balaban J connectivity index is 1.46. The Kier molecular flexibility index (Phi) is 7.75. The summed E-state index contributed by atoms with van der Waals surface area (Å²) in [4.78, 5) is 14.6. The predicted molar refractivity (Wildman–Crippen MR) is 114 cm³/mol. The minimum Gasteiger partial charge on any atom is -0.495 e. The topological polar surface area (TPSA) is 60.0 Å². The summed E-state index contributed by atoms with van der Waals surface area (Å²) in [5.41, 5.74) is 1.71. The average Bonchev–Trinajstić information content (AvgIpc) is 2.74. The van der Waals surface area contributed by atoms with Gasteiger partial charge in [0.05, 0.1) is 44.2 Å². The van der Waals surface area contributed by atoms with Gasteiger partial charge in [-0.2, -0.15) is 0 Å². The van der Waals surface area contributed by atoms with E-state index in [0.29, 0.717) is 35.4 Å². The van der Waals surface area contributed by atoms with E-state index < -0.39 is 0 Å². The number of hydrogen-bond donors (Lipinski definition) is 1. The normalized spacial score (nSPS) is 15.1. The van der Waals surface area contributed by atoms with Crippen LogP contribution in [0.2, 0.25) is 5.02 Å². The number of hydrogen-bond acceptors (Lipinski definition) is 5. The summed E-state index contributed by atoms with van der Waals surface area (Å²) in [6.07, 6.45) is 2.06. The highest BCUT2D eigenvalue weighted by Gasteiger charge is 2.22. The predicted octanol–water partition coefficient (Wildman–Crippen LogP) is 3.98. The number of benzene rings is 2. The Morgan fingerprint density at radius 2 is 1.79 bits per heavy atom. The maximum atomic E-state index is 12.5. The van der Waals surface area contributed by atoms with Crippen LogP contribution in [0.4, 0.5) is 5.69 Å². The monoisotopic (exact) mass is 418 g/mol. The van der Waals surface area contributed by atoms with Crippen LogP contribution in [0.5, 0.6) is 11.5 Å². The summed E-state index contributed by atoms with van der Waals surface area (Å²) >= 11 is 6.17. The molecular formula is C22H27ClN2O4. The molecule has 0 aromatic heterocycles. The molecule has 3 rings (SSSR count). The van der Waals surface area contributed by atoms with Gasteiger partial charge in [0.2, 0.25) is 5.91 Å². The molecule has 1 amide bonds. The van der Waals surface area contributed by atoms with Crippen molar-refractivity contribution in [1.82, 2.24) is 4.90 Å². The molecule has 1 aliphatic heterocycles. The first kappa shape index (κ1) is 21.4. The second-order valence-electron chi connectivity index (χ2n) is 7.01. The Morgan fingerprint density at radius 3 is 2.45 bits per heavy atom. The third-order valence-corrected chi connectivity index (χ3v) is 5.27. The fourth-order valence-corrected chi connectivity index (χ4v) is 3.61. The van der Waals surface area contributed by atoms with Gasteiger partial charge in [0, 0.05) is 19.2 Å². The van der Waals surface area contributed by atoms with E-state index in [2.05, 4.69) is 22.3 Å². The second kappa shape index (κ2) is 10.5. The van der Waals surface area contributed by atoms with Gasteiger partial charge in [-0.05, 0) is 24.5 Å². The van der Waals surface area contributed by atoms with Gasteiger partial charge in [-0.15, -0.1) is 0 Å². The molecule has 0 saturated carbocycles. The number of piperidine rings is 1. The van der Waals surface area contributed by atoms with Crippen LogP contribution in [-0.4, -0.2) is 50.8 Å². The van der Waals surface area contributed by atoms with E-state index in [-0.39, 0.29) is 12.0 Å². The number of methoxy groups -OCH3 is 2. The number of carbonyl (C=O) groups excluding carboxylic acids is 1. The smallest absolute Gasteiger partial charge is 0.238 e. The molecule has 1 heterocycles. The molecule has 2 aromatic rings. The quantitative estimate of drug-likeness (QED) is 0.702. The van der Waals surface area contributed by atoms with Crippen molar-refractivity contribution >= 4 is 23.2 Å². The van der Waals surface area contributed by atoms with Crippen LogP contribution in [0.1, 0.15) is 18.4 Å². The lowest BCUT2D eigenvalue weighted by Gasteiger charge is -2.31. The minimum atomic E-state index is -0.104. The number of amides is 1. The highest BCUT2D eigenvalue weighted by Crippen LogP contribution is 2.35. The van der Waals surface area contributed by atoms with Crippen LogP contribution in [0.15, 0.2) is 42.5 Å². The maximum absolute atomic E-state index is 12.5. The van der Waals surface area contributed by atoms with Crippen LogP contribution < -0.4 is 14.8 Å². The zero-order valence-electron chi connectivity index (χ0n) is 16.8. The molecule has 1 N–H and O–H groups in total. The van der Waals surface area contributed by atoms with Gasteiger partial charge >= 0.3 is 0 Å². The molecule has 1 aliphatic rings. The molecule has 2 aromatic carbocycles. The fourth-order valence-electron chi connectivity index (χ4n) is 3.37. The molecular weight excluding hydrogens is 392 g/mol. The lowest BCUT2D eigenvalue weighted by Crippen LogP contribution is -2.41. The SMILES string of the molecule is COc1cc(OC)c(NC(=O)CN2CCC(OCc3ccccc3)CC2)cc1Cl. The first-order valence-corrected chi connectivity index (χ1v) is 10.1. The standard InChI is InChI=1S/C22H27ClN2O4/c1-27-20-13-21(28-2)19(12-18(20)23)24-22(26)14-25-10-8-17(9-11-25)29-15-16-6-4-3-5-7-16/h3-7,12-13,17H,8-11,14-15H2,1-2H3,(H,24,26). The lowest BCUT2D eigenvalue weighted by atomic mass is 10.1. The summed E-state index contributed by atoms with van der Waals surface area (Å²) < 4.78 is 16.5. The van der Waals surface area contributed by atoms with Gasteiger partial charge in [0.25, 0.3) is 0 Å². The van der Waals surface area contributed by atoms with Gasteiger partial charge < -0.3 is 19.5 Å². The zero-order chi connectivity index (χ0) is 20.6. The molecule has 156 valence electrons. The minimum absolute atomic E-state index is 0.104. The second-order valence-corrected chi connectivity index (χ2v) is 7.41. The summed E-state index contributed by atoms with van der Waals surface area (Å²) in [6, 6.07) is 13.5. The van der Waals surface area contributed by atoms with Crippen molar-refractivity contribution in [1.29, 1.82) is 0 Å². The third kappa shape index (κ3) is 6.10. The molecule has 0 bridgehead atoms. The van der Waals surface area contributed by atoms with Gasteiger partial charge in [-0.25, -0.2) is 0 Å².